The van der Waals surface area contributed by atoms with Gasteiger partial charge >= 0.3 is 5.97 Å². The molecule has 208 valence electrons. The van der Waals surface area contributed by atoms with Crippen LogP contribution in [-0.2, 0) is 22.4 Å². The van der Waals surface area contributed by atoms with E-state index in [-0.39, 0.29) is 37.2 Å². The van der Waals surface area contributed by atoms with Crippen molar-refractivity contribution in [2.75, 3.05) is 26.4 Å². The molecule has 0 radical (unpaired) electrons. The highest BCUT2D eigenvalue weighted by Gasteiger charge is 2.42. The zero-order valence-electron chi connectivity index (χ0n) is 21.6. The lowest BCUT2D eigenvalue weighted by molar-refractivity contribution is -0.151. The molecule has 0 aromatic heterocycles. The van der Waals surface area contributed by atoms with Crippen molar-refractivity contribution < 1.29 is 39.5 Å². The predicted octanol–water partition coefficient (Wildman–Crippen LogP) is 2.50. The number of carbonyl (C=O) groups is 1. The number of halogens is 1. The molecule has 0 spiro atoms. The Morgan fingerprint density at radius 3 is 2.35 bits per heavy atom. The van der Waals surface area contributed by atoms with E-state index in [2.05, 4.69) is 12.1 Å². The third-order valence-electron chi connectivity index (χ3n) is 8.27. The smallest absolute Gasteiger partial charge is 0.305 e. The van der Waals surface area contributed by atoms with Gasteiger partial charge in [0.25, 0.3) is 0 Å². The molecule has 37 heavy (non-hydrogen) atoms. The van der Waals surface area contributed by atoms with Gasteiger partial charge in [0, 0.05) is 12.8 Å². The molecule has 5 N–H and O–H groups in total. The van der Waals surface area contributed by atoms with Crippen molar-refractivity contribution >= 4 is 5.97 Å². The van der Waals surface area contributed by atoms with E-state index in [4.69, 9.17) is 4.74 Å². The molecule has 5 atom stereocenters. The largest absolute Gasteiger partial charge is 0.465 e. The molecular formula is C29H43FO7. The standard InChI is InChI=1S/C29H43FO7/c30-25-15-27(35)24(9-3-1-2-4-10-28(36)37-19-29(16-31,17-32)18-33)23(25)11-12-26(34)22-13-20-7-5-6-8-21(20)14-22/h1,3,5-8,22-27,31-35H,2,4,9-19H2/t23-,24-,25+,26-,27+/m1/s1. The number of allylic oxidation sites excluding steroid dienone is 2. The first-order chi connectivity index (χ1) is 17.8. The summed E-state index contributed by atoms with van der Waals surface area (Å²) < 4.78 is 19.8. The van der Waals surface area contributed by atoms with Gasteiger partial charge in [-0.25, -0.2) is 4.39 Å². The van der Waals surface area contributed by atoms with Crippen LogP contribution in [0.5, 0.6) is 0 Å². The summed E-state index contributed by atoms with van der Waals surface area (Å²) in [4.78, 5) is 11.9. The first-order valence-electron chi connectivity index (χ1n) is 13.5. The van der Waals surface area contributed by atoms with Gasteiger partial charge in [-0.15, -0.1) is 0 Å². The second-order valence-corrected chi connectivity index (χ2v) is 11.0. The summed E-state index contributed by atoms with van der Waals surface area (Å²) in [5.74, 6) is -0.770. The molecule has 0 unspecified atom stereocenters. The van der Waals surface area contributed by atoms with Crippen LogP contribution in [-0.4, -0.2) is 76.3 Å². The maximum atomic E-state index is 14.7. The normalized spacial score (nSPS) is 25.0. The SMILES string of the molecule is O=C(CCCC=CC[C@@H]1[C@@H](CC[C@@H](O)C2Cc3ccccc3C2)[C@@H](F)C[C@@H]1O)OCC(CO)(CO)CO. The summed E-state index contributed by atoms with van der Waals surface area (Å²) in [6.07, 6.45) is 6.40. The maximum absolute atomic E-state index is 14.7. The number of carbonyl (C=O) groups excluding carboxylic acids is 1. The molecule has 0 aliphatic heterocycles. The first-order valence-corrected chi connectivity index (χ1v) is 13.5. The van der Waals surface area contributed by atoms with Crippen LogP contribution in [0.4, 0.5) is 4.39 Å². The van der Waals surface area contributed by atoms with E-state index < -0.39 is 49.6 Å². The van der Waals surface area contributed by atoms with Crippen molar-refractivity contribution in [3.05, 3.63) is 47.5 Å². The molecule has 1 aromatic carbocycles. The summed E-state index contributed by atoms with van der Waals surface area (Å²) in [5.41, 5.74) is 1.34. The molecule has 3 rings (SSSR count). The zero-order chi connectivity index (χ0) is 26.8. The summed E-state index contributed by atoms with van der Waals surface area (Å²) in [7, 11) is 0. The van der Waals surface area contributed by atoms with Gasteiger partial charge in [-0.1, -0.05) is 36.4 Å². The highest BCUT2D eigenvalue weighted by atomic mass is 19.1. The van der Waals surface area contributed by atoms with Crippen molar-refractivity contribution in [2.24, 2.45) is 23.2 Å². The molecule has 0 amide bonds. The number of unbranched alkanes of at least 4 members (excludes halogenated alkanes) is 1. The number of alkyl halides is 1. The third kappa shape index (κ3) is 8.07. The van der Waals surface area contributed by atoms with Gasteiger partial charge in [0.2, 0.25) is 0 Å². The zero-order valence-corrected chi connectivity index (χ0v) is 21.6. The number of fused-ring (bicyclic) bond motifs is 1. The average Bonchev–Trinajstić information content (AvgIpc) is 3.46. The van der Waals surface area contributed by atoms with Crippen LogP contribution >= 0.6 is 0 Å². The highest BCUT2D eigenvalue weighted by Crippen LogP contribution is 2.41. The van der Waals surface area contributed by atoms with E-state index in [0.717, 1.165) is 12.8 Å². The van der Waals surface area contributed by atoms with Crippen LogP contribution in [0.2, 0.25) is 0 Å². The first kappa shape index (κ1) is 29.7. The molecule has 2 aliphatic rings. The molecule has 0 bridgehead atoms. The van der Waals surface area contributed by atoms with Crippen molar-refractivity contribution in [2.45, 2.75) is 76.2 Å². The van der Waals surface area contributed by atoms with Gasteiger partial charge in [-0.05, 0) is 73.8 Å². The number of benzene rings is 1. The molecular weight excluding hydrogens is 479 g/mol. The Kier molecular flexibility index (Phi) is 11.5. The van der Waals surface area contributed by atoms with Gasteiger partial charge in [0.05, 0.1) is 37.4 Å². The van der Waals surface area contributed by atoms with Gasteiger partial charge in [0.1, 0.15) is 12.8 Å². The molecule has 7 nitrogen and oxygen atoms in total. The van der Waals surface area contributed by atoms with Crippen LogP contribution in [0, 0.1) is 23.2 Å². The quantitative estimate of drug-likeness (QED) is 0.136. The number of aliphatic hydroxyl groups excluding tert-OH is 5. The van der Waals surface area contributed by atoms with E-state index in [0.29, 0.717) is 32.1 Å². The number of hydrogen-bond acceptors (Lipinski definition) is 7. The van der Waals surface area contributed by atoms with Crippen molar-refractivity contribution in [1.82, 2.24) is 0 Å². The number of ether oxygens (including phenoxy) is 1. The van der Waals surface area contributed by atoms with Gasteiger partial charge in [-0.3, -0.25) is 4.79 Å². The molecule has 1 fully saturated rings. The van der Waals surface area contributed by atoms with Crippen molar-refractivity contribution in [3.8, 4) is 0 Å². The van der Waals surface area contributed by atoms with Crippen molar-refractivity contribution in [3.63, 3.8) is 0 Å². The van der Waals surface area contributed by atoms with E-state index in [9.17, 15) is 34.7 Å². The number of esters is 1. The van der Waals surface area contributed by atoms with Gasteiger partial charge in [0.15, 0.2) is 0 Å². The Morgan fingerprint density at radius 1 is 1.08 bits per heavy atom. The van der Waals surface area contributed by atoms with E-state index >= 15 is 0 Å². The topological polar surface area (TPSA) is 127 Å². The lowest BCUT2D eigenvalue weighted by Gasteiger charge is -2.26. The Bertz CT molecular complexity index is 838. The minimum absolute atomic E-state index is 0.136. The van der Waals surface area contributed by atoms with Crippen LogP contribution in [0.15, 0.2) is 36.4 Å². The monoisotopic (exact) mass is 522 g/mol. The number of aliphatic hydroxyl groups is 5. The van der Waals surface area contributed by atoms with Crippen LogP contribution < -0.4 is 0 Å². The second kappa shape index (κ2) is 14.4. The van der Waals surface area contributed by atoms with Crippen LogP contribution in [0.25, 0.3) is 0 Å². The second-order valence-electron chi connectivity index (χ2n) is 11.0. The molecule has 0 heterocycles. The lowest BCUT2D eigenvalue weighted by Crippen LogP contribution is -2.39. The Hall–Kier alpha value is -1.84. The maximum Gasteiger partial charge on any atom is 0.305 e. The van der Waals surface area contributed by atoms with E-state index in [1.165, 1.54) is 11.1 Å². The molecule has 1 saturated carbocycles. The summed E-state index contributed by atoms with van der Waals surface area (Å²) in [6, 6.07) is 8.25. The third-order valence-corrected chi connectivity index (χ3v) is 8.27. The van der Waals surface area contributed by atoms with E-state index in [1.807, 2.05) is 24.3 Å². The minimum Gasteiger partial charge on any atom is -0.465 e. The molecule has 0 saturated heterocycles. The summed E-state index contributed by atoms with van der Waals surface area (Å²) >= 11 is 0. The van der Waals surface area contributed by atoms with Crippen LogP contribution in [0.3, 0.4) is 0 Å². The Morgan fingerprint density at radius 2 is 1.73 bits per heavy atom. The number of hydrogen-bond donors (Lipinski definition) is 5. The fraction of sp³-hybridized carbons (Fsp3) is 0.690. The molecule has 1 aromatic rings. The minimum atomic E-state index is -1.24. The summed E-state index contributed by atoms with van der Waals surface area (Å²) in [6.45, 7) is -1.72. The molecule has 8 heteroatoms. The van der Waals surface area contributed by atoms with Crippen LogP contribution in [0.1, 0.15) is 56.1 Å². The van der Waals surface area contributed by atoms with Gasteiger partial charge < -0.3 is 30.3 Å². The predicted molar refractivity (Wildman–Crippen MR) is 137 cm³/mol. The lowest BCUT2D eigenvalue weighted by atomic mass is 9.84. The summed E-state index contributed by atoms with van der Waals surface area (Å²) in [5, 5.41) is 49.1. The van der Waals surface area contributed by atoms with Gasteiger partial charge in [-0.2, -0.15) is 0 Å². The fourth-order valence-electron chi connectivity index (χ4n) is 5.65. The fourth-order valence-corrected chi connectivity index (χ4v) is 5.65. The Labute approximate surface area is 219 Å². The highest BCUT2D eigenvalue weighted by molar-refractivity contribution is 5.69. The average molecular weight is 523 g/mol. The number of rotatable bonds is 15. The molecule has 2 aliphatic carbocycles. The van der Waals surface area contributed by atoms with Crippen molar-refractivity contribution in [1.29, 1.82) is 0 Å². The van der Waals surface area contributed by atoms with E-state index in [1.54, 1.807) is 0 Å². The Balaban J connectivity index is 1.37.